The van der Waals surface area contributed by atoms with Crippen LogP contribution in [0.25, 0.3) is 11.4 Å². The molecule has 1 aromatic heterocycles. The third-order valence-corrected chi connectivity index (χ3v) is 3.71. The third-order valence-electron chi connectivity index (χ3n) is 3.46. The smallest absolute Gasteiger partial charge is 0.226 e. The Balaban J connectivity index is 1.85. The summed E-state index contributed by atoms with van der Waals surface area (Å²) in [4.78, 5) is 17.9. The quantitative estimate of drug-likeness (QED) is 0.800. The summed E-state index contributed by atoms with van der Waals surface area (Å²) in [6.07, 6.45) is 1.57. The van der Waals surface area contributed by atoms with Gasteiger partial charge in [-0.05, 0) is 37.6 Å². The van der Waals surface area contributed by atoms with E-state index in [1.807, 2.05) is 19.1 Å². The summed E-state index contributed by atoms with van der Waals surface area (Å²) >= 11 is 5.85. The van der Waals surface area contributed by atoms with Gasteiger partial charge in [0.2, 0.25) is 17.6 Å². The first-order valence-corrected chi connectivity index (χ1v) is 7.99. The maximum absolute atomic E-state index is 11.9. The number of benzene rings is 1. The Kier molecular flexibility index (Phi) is 6.55. The van der Waals surface area contributed by atoms with Crippen LogP contribution in [0.3, 0.4) is 0 Å². The number of amides is 1. The molecule has 0 aliphatic carbocycles. The van der Waals surface area contributed by atoms with Crippen LogP contribution < -0.4 is 0 Å². The number of aliphatic hydroxyl groups is 1. The fraction of sp³-hybridized carbons (Fsp3) is 0.438. The van der Waals surface area contributed by atoms with Gasteiger partial charge in [0, 0.05) is 36.5 Å². The fourth-order valence-electron chi connectivity index (χ4n) is 2.20. The van der Waals surface area contributed by atoms with Crippen LogP contribution in [0.4, 0.5) is 0 Å². The number of aryl methyl sites for hydroxylation is 1. The van der Waals surface area contributed by atoms with Crippen molar-refractivity contribution in [1.29, 1.82) is 0 Å². The summed E-state index contributed by atoms with van der Waals surface area (Å²) in [5, 5.41) is 13.5. The van der Waals surface area contributed by atoms with Gasteiger partial charge in [-0.15, -0.1) is 0 Å². The molecule has 23 heavy (non-hydrogen) atoms. The van der Waals surface area contributed by atoms with Crippen molar-refractivity contribution in [3.05, 3.63) is 35.2 Å². The molecule has 0 aliphatic rings. The number of hydrogen-bond donors (Lipinski definition) is 1. The maximum Gasteiger partial charge on any atom is 0.226 e. The lowest BCUT2D eigenvalue weighted by Gasteiger charge is -2.19. The molecule has 1 aromatic carbocycles. The molecule has 1 amide bonds. The van der Waals surface area contributed by atoms with Crippen LogP contribution in [0.1, 0.15) is 25.7 Å². The average molecular weight is 338 g/mol. The largest absolute Gasteiger partial charge is 0.395 e. The van der Waals surface area contributed by atoms with Crippen molar-refractivity contribution < 1.29 is 14.4 Å². The van der Waals surface area contributed by atoms with Crippen molar-refractivity contribution in [2.75, 3.05) is 19.7 Å². The summed E-state index contributed by atoms with van der Waals surface area (Å²) in [7, 11) is 0. The number of aromatic nitrogens is 2. The van der Waals surface area contributed by atoms with Crippen molar-refractivity contribution in [1.82, 2.24) is 15.0 Å². The highest BCUT2D eigenvalue weighted by molar-refractivity contribution is 6.30. The van der Waals surface area contributed by atoms with Gasteiger partial charge in [0.25, 0.3) is 0 Å². The van der Waals surface area contributed by atoms with Gasteiger partial charge in [-0.2, -0.15) is 4.98 Å². The molecule has 6 nitrogen and oxygen atoms in total. The minimum Gasteiger partial charge on any atom is -0.395 e. The van der Waals surface area contributed by atoms with Gasteiger partial charge >= 0.3 is 0 Å². The van der Waals surface area contributed by atoms with Crippen molar-refractivity contribution in [2.24, 2.45) is 0 Å². The Morgan fingerprint density at radius 1 is 1.35 bits per heavy atom. The Hall–Kier alpha value is -1.92. The normalized spacial score (nSPS) is 10.7. The fourth-order valence-corrected chi connectivity index (χ4v) is 2.33. The molecule has 0 fully saturated rings. The number of nitrogens with zero attached hydrogens (tertiary/aromatic N) is 3. The third kappa shape index (κ3) is 5.04. The number of carbonyl (C=O) groups is 1. The molecule has 0 unspecified atom stereocenters. The van der Waals surface area contributed by atoms with Gasteiger partial charge in [-0.3, -0.25) is 4.79 Å². The average Bonchev–Trinajstić information content (AvgIpc) is 3.02. The number of likely N-dealkylation sites (N-methyl/N-ethyl adjacent to an activating group) is 1. The second-order valence-corrected chi connectivity index (χ2v) is 5.51. The van der Waals surface area contributed by atoms with E-state index in [1.165, 1.54) is 0 Å². The second kappa shape index (κ2) is 8.64. The first-order chi connectivity index (χ1) is 11.1. The molecule has 0 spiro atoms. The van der Waals surface area contributed by atoms with E-state index < -0.39 is 0 Å². The molecule has 0 bridgehead atoms. The van der Waals surface area contributed by atoms with Crippen LogP contribution in [0.5, 0.6) is 0 Å². The number of hydrogen-bond acceptors (Lipinski definition) is 5. The van der Waals surface area contributed by atoms with E-state index in [0.29, 0.717) is 49.1 Å². The zero-order valence-corrected chi connectivity index (χ0v) is 13.8. The minimum absolute atomic E-state index is 0.0201. The van der Waals surface area contributed by atoms with Gasteiger partial charge in [0.15, 0.2) is 0 Å². The van der Waals surface area contributed by atoms with Crippen LogP contribution in [0.2, 0.25) is 5.02 Å². The zero-order chi connectivity index (χ0) is 16.7. The lowest BCUT2D eigenvalue weighted by Crippen LogP contribution is -2.33. The molecule has 2 rings (SSSR count). The van der Waals surface area contributed by atoms with Gasteiger partial charge in [-0.1, -0.05) is 16.8 Å². The summed E-state index contributed by atoms with van der Waals surface area (Å²) < 4.78 is 5.21. The second-order valence-electron chi connectivity index (χ2n) is 5.07. The Morgan fingerprint density at radius 3 is 2.74 bits per heavy atom. The van der Waals surface area contributed by atoms with E-state index in [4.69, 9.17) is 21.2 Å². The van der Waals surface area contributed by atoms with E-state index in [-0.39, 0.29) is 12.5 Å². The van der Waals surface area contributed by atoms with E-state index in [2.05, 4.69) is 10.1 Å². The van der Waals surface area contributed by atoms with Crippen molar-refractivity contribution in [3.8, 4) is 11.4 Å². The Bertz CT molecular complexity index is 628. The van der Waals surface area contributed by atoms with E-state index >= 15 is 0 Å². The van der Waals surface area contributed by atoms with Gasteiger partial charge in [0.1, 0.15) is 0 Å². The molecule has 0 radical (unpaired) electrons. The Morgan fingerprint density at radius 2 is 2.09 bits per heavy atom. The summed E-state index contributed by atoms with van der Waals surface area (Å²) in [6.45, 7) is 2.84. The predicted octanol–water partition coefficient (Wildman–Crippen LogP) is 2.55. The molecule has 7 heteroatoms. The molecule has 2 aromatic rings. The molecular weight excluding hydrogens is 318 g/mol. The summed E-state index contributed by atoms with van der Waals surface area (Å²) in [6, 6.07) is 7.20. The van der Waals surface area contributed by atoms with Crippen molar-refractivity contribution >= 4 is 17.5 Å². The first-order valence-electron chi connectivity index (χ1n) is 7.61. The maximum atomic E-state index is 11.9. The van der Waals surface area contributed by atoms with Gasteiger partial charge < -0.3 is 14.5 Å². The van der Waals surface area contributed by atoms with E-state index in [0.717, 1.165) is 5.56 Å². The topological polar surface area (TPSA) is 79.5 Å². The SMILES string of the molecule is CCN(CCO)C(=O)CCCc1nc(-c2ccc(Cl)cc2)no1. The van der Waals surface area contributed by atoms with Crippen molar-refractivity contribution in [3.63, 3.8) is 0 Å². The highest BCUT2D eigenvalue weighted by Gasteiger charge is 2.13. The number of rotatable bonds is 8. The lowest BCUT2D eigenvalue weighted by molar-refractivity contribution is -0.131. The highest BCUT2D eigenvalue weighted by atomic mass is 35.5. The molecule has 124 valence electrons. The van der Waals surface area contributed by atoms with E-state index in [1.54, 1.807) is 17.0 Å². The number of halogens is 1. The molecule has 1 heterocycles. The summed E-state index contributed by atoms with van der Waals surface area (Å²) in [5.41, 5.74) is 0.834. The number of carbonyl (C=O) groups excluding carboxylic acids is 1. The lowest BCUT2D eigenvalue weighted by atomic mass is 10.2. The van der Waals surface area contributed by atoms with Crippen LogP contribution in [-0.2, 0) is 11.2 Å². The van der Waals surface area contributed by atoms with E-state index in [9.17, 15) is 4.79 Å². The van der Waals surface area contributed by atoms with Crippen LogP contribution in [-0.4, -0.2) is 45.8 Å². The molecular formula is C16H20ClN3O3. The van der Waals surface area contributed by atoms with Crippen LogP contribution in [0, 0.1) is 0 Å². The molecule has 0 atom stereocenters. The molecule has 1 N–H and O–H groups in total. The predicted molar refractivity (Wildman–Crippen MR) is 87.0 cm³/mol. The van der Waals surface area contributed by atoms with Gasteiger partial charge in [0.05, 0.1) is 6.61 Å². The van der Waals surface area contributed by atoms with Crippen LogP contribution in [0.15, 0.2) is 28.8 Å². The molecule has 0 saturated heterocycles. The minimum atomic E-state index is -0.0201. The van der Waals surface area contributed by atoms with Gasteiger partial charge in [-0.25, -0.2) is 0 Å². The monoisotopic (exact) mass is 337 g/mol. The molecule has 0 saturated carbocycles. The first kappa shape index (κ1) is 17.4. The standard InChI is InChI=1S/C16H20ClN3O3/c1-2-20(10-11-21)15(22)5-3-4-14-18-16(19-23-14)12-6-8-13(17)9-7-12/h6-9,21H,2-5,10-11H2,1H3. The highest BCUT2D eigenvalue weighted by Crippen LogP contribution is 2.19. The zero-order valence-electron chi connectivity index (χ0n) is 13.0. The number of aliphatic hydroxyl groups excluding tert-OH is 1. The summed E-state index contributed by atoms with van der Waals surface area (Å²) in [5.74, 6) is 1.05. The van der Waals surface area contributed by atoms with Crippen LogP contribution >= 0.6 is 11.6 Å². The Labute approximate surface area is 140 Å². The van der Waals surface area contributed by atoms with Crippen molar-refractivity contribution in [2.45, 2.75) is 26.2 Å². The molecule has 0 aliphatic heterocycles.